The molecule has 0 aromatic carbocycles. The maximum atomic E-state index is 12.1. The molecule has 1 heterocycles. The quantitative estimate of drug-likeness (QED) is 0.749. The fourth-order valence-electron chi connectivity index (χ4n) is 2.14. The van der Waals surface area contributed by atoms with Crippen LogP contribution >= 0.6 is 0 Å². The van der Waals surface area contributed by atoms with Gasteiger partial charge in [-0.2, -0.15) is 4.31 Å². The SMILES string of the molecule is CCOC1CCCN(S(=O)(=O)CCNC(C)C)C1. The van der Waals surface area contributed by atoms with Crippen molar-refractivity contribution in [3.63, 3.8) is 0 Å². The van der Waals surface area contributed by atoms with Crippen molar-refractivity contribution in [3.8, 4) is 0 Å². The Bertz CT molecular complexity index is 328. The third-order valence-electron chi connectivity index (χ3n) is 3.05. The maximum absolute atomic E-state index is 12.1. The summed E-state index contributed by atoms with van der Waals surface area (Å²) in [5, 5.41) is 3.14. The molecule has 0 amide bonds. The van der Waals surface area contributed by atoms with Gasteiger partial charge in [0.1, 0.15) is 0 Å². The normalized spacial score (nSPS) is 22.6. The summed E-state index contributed by atoms with van der Waals surface area (Å²) in [6, 6.07) is 0.317. The van der Waals surface area contributed by atoms with E-state index in [2.05, 4.69) is 5.32 Å². The van der Waals surface area contributed by atoms with Crippen LogP contribution in [-0.4, -0.2) is 56.9 Å². The van der Waals surface area contributed by atoms with E-state index in [-0.39, 0.29) is 11.9 Å². The summed E-state index contributed by atoms with van der Waals surface area (Å²) in [4.78, 5) is 0. The molecule has 0 bridgehead atoms. The Morgan fingerprint density at radius 1 is 1.44 bits per heavy atom. The van der Waals surface area contributed by atoms with Gasteiger partial charge >= 0.3 is 0 Å². The van der Waals surface area contributed by atoms with E-state index in [1.165, 1.54) is 0 Å². The van der Waals surface area contributed by atoms with E-state index < -0.39 is 10.0 Å². The number of hydrogen-bond acceptors (Lipinski definition) is 4. The van der Waals surface area contributed by atoms with E-state index in [9.17, 15) is 8.42 Å². The van der Waals surface area contributed by atoms with Crippen LogP contribution in [0, 0.1) is 0 Å². The molecule has 18 heavy (non-hydrogen) atoms. The number of rotatable bonds is 7. The molecule has 5 nitrogen and oxygen atoms in total. The van der Waals surface area contributed by atoms with E-state index in [0.717, 1.165) is 12.8 Å². The molecule has 1 rings (SSSR count). The van der Waals surface area contributed by atoms with Gasteiger partial charge in [-0.3, -0.25) is 0 Å². The summed E-state index contributed by atoms with van der Waals surface area (Å²) < 4.78 is 31.4. The molecule has 1 aliphatic rings. The van der Waals surface area contributed by atoms with Crippen LogP contribution in [-0.2, 0) is 14.8 Å². The topological polar surface area (TPSA) is 58.6 Å². The first-order chi connectivity index (χ1) is 8.45. The van der Waals surface area contributed by atoms with E-state index >= 15 is 0 Å². The van der Waals surface area contributed by atoms with Gasteiger partial charge in [0.05, 0.1) is 11.9 Å². The molecule has 1 fully saturated rings. The third kappa shape index (κ3) is 5.22. The highest BCUT2D eigenvalue weighted by atomic mass is 32.2. The molecule has 0 aromatic rings. The molecule has 0 saturated carbocycles. The lowest BCUT2D eigenvalue weighted by atomic mass is 10.1. The van der Waals surface area contributed by atoms with Crippen molar-refractivity contribution in [2.45, 2.75) is 45.8 Å². The molecule has 1 saturated heterocycles. The minimum absolute atomic E-state index is 0.0663. The van der Waals surface area contributed by atoms with Crippen LogP contribution in [0.3, 0.4) is 0 Å². The van der Waals surface area contributed by atoms with Crippen molar-refractivity contribution < 1.29 is 13.2 Å². The van der Waals surface area contributed by atoms with Gasteiger partial charge in [0, 0.05) is 32.3 Å². The Labute approximate surface area is 111 Å². The van der Waals surface area contributed by atoms with Gasteiger partial charge in [-0.1, -0.05) is 13.8 Å². The molecular formula is C12H26N2O3S. The Balaban J connectivity index is 2.45. The van der Waals surface area contributed by atoms with E-state index in [0.29, 0.717) is 32.3 Å². The molecule has 1 atom stereocenters. The van der Waals surface area contributed by atoms with Gasteiger partial charge in [0.2, 0.25) is 10.0 Å². The Kier molecular flexibility index (Phi) is 6.55. The highest BCUT2D eigenvalue weighted by Gasteiger charge is 2.28. The lowest BCUT2D eigenvalue weighted by Gasteiger charge is -2.31. The third-order valence-corrected chi connectivity index (χ3v) is 4.89. The summed E-state index contributed by atoms with van der Waals surface area (Å²) in [6.07, 6.45) is 1.92. The first kappa shape index (κ1) is 15.9. The second-order valence-electron chi connectivity index (χ2n) is 5.00. The Hall–Kier alpha value is -0.170. The second-order valence-corrected chi connectivity index (χ2v) is 7.09. The molecule has 1 aliphatic heterocycles. The molecule has 6 heteroatoms. The van der Waals surface area contributed by atoms with Crippen LogP contribution in [0.25, 0.3) is 0 Å². The standard InChI is InChI=1S/C12H26N2O3S/c1-4-17-12-6-5-8-14(10-12)18(15,16)9-7-13-11(2)3/h11-13H,4-10H2,1-3H3. The monoisotopic (exact) mass is 278 g/mol. The van der Waals surface area contributed by atoms with E-state index in [4.69, 9.17) is 4.74 Å². The molecule has 1 N–H and O–H groups in total. The van der Waals surface area contributed by atoms with Crippen LogP contribution in [0.15, 0.2) is 0 Å². The average molecular weight is 278 g/mol. The summed E-state index contributed by atoms with van der Waals surface area (Å²) in [5.41, 5.74) is 0. The van der Waals surface area contributed by atoms with Gasteiger partial charge in [-0.25, -0.2) is 8.42 Å². The highest BCUT2D eigenvalue weighted by molar-refractivity contribution is 7.89. The zero-order chi connectivity index (χ0) is 13.6. The average Bonchev–Trinajstić information content (AvgIpc) is 2.29. The summed E-state index contributed by atoms with van der Waals surface area (Å²) in [6.45, 7) is 8.27. The van der Waals surface area contributed by atoms with Crippen LogP contribution in [0.4, 0.5) is 0 Å². The summed E-state index contributed by atoms with van der Waals surface area (Å²) >= 11 is 0. The van der Waals surface area contributed by atoms with Gasteiger partial charge in [0.25, 0.3) is 0 Å². The van der Waals surface area contributed by atoms with Gasteiger partial charge < -0.3 is 10.1 Å². The van der Waals surface area contributed by atoms with Gasteiger partial charge in [-0.15, -0.1) is 0 Å². The number of piperidine rings is 1. The molecular weight excluding hydrogens is 252 g/mol. The van der Waals surface area contributed by atoms with Crippen molar-refractivity contribution in [2.24, 2.45) is 0 Å². The second kappa shape index (κ2) is 7.43. The van der Waals surface area contributed by atoms with Gasteiger partial charge in [-0.05, 0) is 19.8 Å². The largest absolute Gasteiger partial charge is 0.377 e. The number of nitrogens with one attached hydrogen (secondary N) is 1. The number of sulfonamides is 1. The minimum Gasteiger partial charge on any atom is -0.377 e. The molecule has 0 radical (unpaired) electrons. The summed E-state index contributed by atoms with van der Waals surface area (Å²) in [5.74, 6) is 0.171. The highest BCUT2D eigenvalue weighted by Crippen LogP contribution is 2.16. The molecule has 0 spiro atoms. The summed E-state index contributed by atoms with van der Waals surface area (Å²) in [7, 11) is -3.14. The number of hydrogen-bond donors (Lipinski definition) is 1. The molecule has 1 unspecified atom stereocenters. The zero-order valence-corrected chi connectivity index (χ0v) is 12.5. The van der Waals surface area contributed by atoms with Crippen molar-refractivity contribution in [1.29, 1.82) is 0 Å². The van der Waals surface area contributed by atoms with Crippen LogP contribution < -0.4 is 5.32 Å². The number of ether oxygens (including phenoxy) is 1. The van der Waals surface area contributed by atoms with Crippen LogP contribution in [0.2, 0.25) is 0 Å². The molecule has 0 aliphatic carbocycles. The molecule has 108 valence electrons. The van der Waals surface area contributed by atoms with Gasteiger partial charge in [0.15, 0.2) is 0 Å². The van der Waals surface area contributed by atoms with Crippen molar-refractivity contribution in [2.75, 3.05) is 32.0 Å². The van der Waals surface area contributed by atoms with Crippen molar-refractivity contribution >= 4 is 10.0 Å². The van der Waals surface area contributed by atoms with Crippen LogP contribution in [0.5, 0.6) is 0 Å². The number of nitrogens with zero attached hydrogens (tertiary/aromatic N) is 1. The Morgan fingerprint density at radius 2 is 2.17 bits per heavy atom. The Morgan fingerprint density at radius 3 is 2.78 bits per heavy atom. The smallest absolute Gasteiger partial charge is 0.215 e. The minimum atomic E-state index is -3.14. The zero-order valence-electron chi connectivity index (χ0n) is 11.7. The lowest BCUT2D eigenvalue weighted by molar-refractivity contribution is 0.0265. The maximum Gasteiger partial charge on any atom is 0.215 e. The van der Waals surface area contributed by atoms with Crippen molar-refractivity contribution in [3.05, 3.63) is 0 Å². The predicted molar refractivity (Wildman–Crippen MR) is 73.1 cm³/mol. The van der Waals surface area contributed by atoms with E-state index in [1.807, 2.05) is 20.8 Å². The van der Waals surface area contributed by atoms with Crippen molar-refractivity contribution in [1.82, 2.24) is 9.62 Å². The molecule has 0 aromatic heterocycles. The fraction of sp³-hybridized carbons (Fsp3) is 1.00. The predicted octanol–water partition coefficient (Wildman–Crippen LogP) is 0.815. The van der Waals surface area contributed by atoms with E-state index in [1.54, 1.807) is 4.31 Å². The lowest BCUT2D eigenvalue weighted by Crippen LogP contribution is -2.45. The fourth-order valence-corrected chi connectivity index (χ4v) is 3.57. The van der Waals surface area contributed by atoms with Crippen LogP contribution in [0.1, 0.15) is 33.6 Å². The first-order valence-corrected chi connectivity index (χ1v) is 8.39. The first-order valence-electron chi connectivity index (χ1n) is 6.78.